The number of hydrogen-bond donors (Lipinski definition) is 0. The van der Waals surface area contributed by atoms with Crippen molar-refractivity contribution in [2.75, 3.05) is 7.05 Å². The van der Waals surface area contributed by atoms with Gasteiger partial charge < -0.3 is 9.47 Å². The van der Waals surface area contributed by atoms with E-state index in [1.54, 1.807) is 0 Å². The van der Waals surface area contributed by atoms with E-state index in [0.29, 0.717) is 35.2 Å². The van der Waals surface area contributed by atoms with Crippen LogP contribution in [0.4, 0.5) is 0 Å². The molecule has 0 spiro atoms. The molecule has 17 rings (SSSR count). The van der Waals surface area contributed by atoms with Crippen molar-refractivity contribution >= 4 is 93.0 Å². The average Bonchev–Trinajstić information content (AvgIpc) is 2.82. The Bertz CT molecular complexity index is 5230. The Hall–Kier alpha value is -11.3. The molecule has 0 amide bonds. The summed E-state index contributed by atoms with van der Waals surface area (Å²) in [5, 5.41) is 9.00. The fraction of sp³-hybridized carbons (Fsp3) is 0.0278. The van der Waals surface area contributed by atoms with E-state index in [0.717, 1.165) is 115 Å². The van der Waals surface area contributed by atoms with Crippen molar-refractivity contribution in [3.8, 4) is 57.4 Å². The summed E-state index contributed by atoms with van der Waals surface area (Å²) in [4.78, 5) is 33.8. The Balaban J connectivity index is 0.882. The monoisotopic (exact) mass is 1070 g/mol. The molecule has 6 aromatic heterocycles. The number of para-hydroxylation sites is 4. The van der Waals surface area contributed by atoms with E-state index < -0.39 is 0 Å². The number of fused-ring (bicyclic) bond motifs is 14. The Morgan fingerprint density at radius 2 is 0.675 bits per heavy atom. The summed E-state index contributed by atoms with van der Waals surface area (Å²) in [7, 11) is 2.22. The van der Waals surface area contributed by atoms with Gasteiger partial charge in [-0.2, -0.15) is 19.9 Å². The van der Waals surface area contributed by atoms with Gasteiger partial charge >= 0.3 is 0 Å². The molecule has 0 fully saturated rings. The Morgan fingerprint density at radius 3 is 1.18 bits per heavy atom. The van der Waals surface area contributed by atoms with Crippen molar-refractivity contribution in [1.82, 2.24) is 53.1 Å². The zero-order valence-electron chi connectivity index (χ0n) is 44.8. The molecule has 83 heavy (non-hydrogen) atoms. The number of allylic oxidation sites excluding steroid dienone is 2. The summed E-state index contributed by atoms with van der Waals surface area (Å²) in [5.41, 5.74) is 12.1. The summed E-state index contributed by atoms with van der Waals surface area (Å²) in [6.45, 7) is 0. The van der Waals surface area contributed by atoms with Gasteiger partial charge in [0, 0.05) is 72.4 Å². The van der Waals surface area contributed by atoms with Gasteiger partial charge in [0.25, 0.3) is 0 Å². The maximum Gasteiger partial charge on any atom is 0.238 e. The van der Waals surface area contributed by atoms with Gasteiger partial charge in [0.05, 0.1) is 44.1 Å². The molecule has 0 radical (unpaired) electrons. The second-order valence-electron chi connectivity index (χ2n) is 21.1. The number of benzene rings is 10. The summed E-state index contributed by atoms with van der Waals surface area (Å²) in [5.74, 6) is 4.55. The van der Waals surface area contributed by atoms with E-state index in [1.807, 2.05) is 72.8 Å². The van der Waals surface area contributed by atoms with E-state index in [1.165, 1.54) is 0 Å². The molecule has 0 aliphatic carbocycles. The van der Waals surface area contributed by atoms with Gasteiger partial charge in [0.15, 0.2) is 23.3 Å². The van der Waals surface area contributed by atoms with Crippen molar-refractivity contribution in [1.29, 1.82) is 0 Å². The first-order chi connectivity index (χ1) is 41.1. The minimum atomic E-state index is -0.256. The van der Waals surface area contributed by atoms with Crippen molar-refractivity contribution < 1.29 is 0 Å². The van der Waals surface area contributed by atoms with Gasteiger partial charge in [-0.3, -0.25) is 13.7 Å². The largest absolute Gasteiger partial charge is 0.337 e. The fourth-order valence-corrected chi connectivity index (χ4v) is 12.9. The number of aromatic nitrogens is 10. The van der Waals surface area contributed by atoms with Crippen LogP contribution in [0.5, 0.6) is 0 Å². The van der Waals surface area contributed by atoms with Crippen molar-refractivity contribution in [2.45, 2.75) is 6.17 Å². The molecule has 0 saturated carbocycles. The maximum absolute atomic E-state index is 5.34. The summed E-state index contributed by atoms with van der Waals surface area (Å²) < 4.78 is 9.45. The quantitative estimate of drug-likeness (QED) is 0.149. The van der Waals surface area contributed by atoms with Crippen LogP contribution in [-0.4, -0.2) is 60.1 Å². The first-order valence-electron chi connectivity index (χ1n) is 27.9. The molecule has 7 heterocycles. The predicted molar refractivity (Wildman–Crippen MR) is 336 cm³/mol. The standard InChI is InChI=1S/C72H47N11/c1-79-61(80-57-37-20-16-33-53(57)63-59(80)43-41-52-50-32-15-19-36-56(50)83(66(52)63)72-77-69(47-27-10-4-11-28-47)74-70(78-72)48-29-12-5-13-30-48)39-22-40-62(79)82-55-35-18-14-31-49(55)51-42-44-60-64(65(51)82)54-34-17-21-38-58(54)81(60)71-75-67(45-23-6-2-7-24-45)73-68(76-71)46-25-8-3-9-26-46/h2-44,61H,1H3. The van der Waals surface area contributed by atoms with E-state index in [-0.39, 0.29) is 6.17 Å². The van der Waals surface area contributed by atoms with Crippen LogP contribution >= 0.6 is 0 Å². The number of hydrogen-bond acceptors (Lipinski definition) is 7. The molecule has 11 nitrogen and oxygen atoms in total. The molecule has 10 aromatic carbocycles. The van der Waals surface area contributed by atoms with Crippen LogP contribution in [0.1, 0.15) is 6.17 Å². The summed E-state index contributed by atoms with van der Waals surface area (Å²) in [6, 6.07) is 84.6. The van der Waals surface area contributed by atoms with E-state index in [4.69, 9.17) is 29.9 Å². The first kappa shape index (κ1) is 46.6. The summed E-state index contributed by atoms with van der Waals surface area (Å²) >= 11 is 0. The number of nitrogens with zero attached hydrogens (tertiary/aromatic N) is 11. The van der Waals surface area contributed by atoms with Crippen LogP contribution in [0.25, 0.3) is 150 Å². The molecule has 11 heteroatoms. The third-order valence-electron chi connectivity index (χ3n) is 16.5. The highest BCUT2D eigenvalue weighted by molar-refractivity contribution is 6.27. The van der Waals surface area contributed by atoms with Gasteiger partial charge in [0.2, 0.25) is 11.9 Å². The molecule has 1 aliphatic rings. The van der Waals surface area contributed by atoms with Crippen molar-refractivity contribution in [3.63, 3.8) is 0 Å². The molecule has 1 unspecified atom stereocenters. The van der Waals surface area contributed by atoms with Gasteiger partial charge in [0.1, 0.15) is 12.0 Å². The lowest BCUT2D eigenvalue weighted by Gasteiger charge is -2.35. The molecule has 390 valence electrons. The summed E-state index contributed by atoms with van der Waals surface area (Å²) in [6.07, 6.45) is 6.53. The molecule has 0 saturated heterocycles. The first-order valence-corrected chi connectivity index (χ1v) is 27.9. The molecule has 1 aliphatic heterocycles. The van der Waals surface area contributed by atoms with Crippen LogP contribution in [0.3, 0.4) is 0 Å². The normalized spacial score (nSPS) is 13.7. The second-order valence-corrected chi connectivity index (χ2v) is 21.1. The van der Waals surface area contributed by atoms with Gasteiger partial charge in [-0.25, -0.2) is 9.97 Å². The van der Waals surface area contributed by atoms with Crippen LogP contribution < -0.4 is 0 Å². The van der Waals surface area contributed by atoms with Crippen LogP contribution in [0.15, 0.2) is 261 Å². The van der Waals surface area contributed by atoms with Crippen LogP contribution in [0.2, 0.25) is 0 Å². The molecule has 1 atom stereocenters. The topological polar surface area (TPSA) is 100 Å². The van der Waals surface area contributed by atoms with Gasteiger partial charge in [-0.05, 0) is 48.6 Å². The Kier molecular flexibility index (Phi) is 10.3. The lowest BCUT2D eigenvalue weighted by molar-refractivity contribution is 0.319. The highest BCUT2D eigenvalue weighted by Gasteiger charge is 2.31. The van der Waals surface area contributed by atoms with Crippen molar-refractivity contribution in [2.24, 2.45) is 0 Å². The Labute approximate surface area is 475 Å². The van der Waals surface area contributed by atoms with E-state index >= 15 is 0 Å². The highest BCUT2D eigenvalue weighted by Crippen LogP contribution is 2.46. The molecule has 16 aromatic rings. The zero-order valence-corrected chi connectivity index (χ0v) is 44.8. The molecular weight excluding hydrogens is 1020 g/mol. The minimum absolute atomic E-state index is 0.256. The number of likely N-dealkylation sites (N-methyl/N-ethyl adjacent to an activating group) is 1. The highest BCUT2D eigenvalue weighted by atomic mass is 15.4. The smallest absolute Gasteiger partial charge is 0.238 e. The maximum atomic E-state index is 5.34. The molecule has 0 N–H and O–H groups in total. The zero-order chi connectivity index (χ0) is 54.7. The third-order valence-corrected chi connectivity index (χ3v) is 16.5. The van der Waals surface area contributed by atoms with E-state index in [2.05, 4.69) is 218 Å². The van der Waals surface area contributed by atoms with Gasteiger partial charge in [-0.15, -0.1) is 0 Å². The number of rotatable bonds is 8. The second kappa shape index (κ2) is 18.4. The SMILES string of the molecule is CN1C(n2c3ccccc3c3ccc4c(c5ccccc5n4-c4nc(-c5ccccc5)nc(-c5ccccc5)n4)c32)=CC=CC1n1c2ccccc2c2c3c(ccc21)c1ccccc1n3-c1nc(-c2ccccc2)nc(-c2ccccc2)n1. The molecular formula is C72H47N11. The minimum Gasteiger partial charge on any atom is -0.337 e. The van der Waals surface area contributed by atoms with Crippen LogP contribution in [-0.2, 0) is 0 Å². The third kappa shape index (κ3) is 7.11. The van der Waals surface area contributed by atoms with Crippen LogP contribution in [0, 0.1) is 0 Å². The fourth-order valence-electron chi connectivity index (χ4n) is 12.9. The lowest BCUT2D eigenvalue weighted by Crippen LogP contribution is -2.30. The Morgan fingerprint density at radius 1 is 0.301 bits per heavy atom. The van der Waals surface area contributed by atoms with Crippen molar-refractivity contribution in [3.05, 3.63) is 261 Å². The molecule has 0 bridgehead atoms. The van der Waals surface area contributed by atoms with Gasteiger partial charge in [-0.1, -0.05) is 212 Å². The predicted octanol–water partition coefficient (Wildman–Crippen LogP) is 16.6. The average molecular weight is 1070 g/mol. The van der Waals surface area contributed by atoms with E-state index in [9.17, 15) is 0 Å². The lowest BCUT2D eigenvalue weighted by atomic mass is 10.1.